The van der Waals surface area contributed by atoms with Gasteiger partial charge in [0.25, 0.3) is 0 Å². The summed E-state index contributed by atoms with van der Waals surface area (Å²) >= 11 is 0. The van der Waals surface area contributed by atoms with Gasteiger partial charge in [0, 0.05) is 31.4 Å². The third-order valence-electron chi connectivity index (χ3n) is 3.16. The van der Waals surface area contributed by atoms with E-state index in [0.717, 1.165) is 19.5 Å². The molecule has 1 aromatic heterocycles. The van der Waals surface area contributed by atoms with E-state index in [1.54, 1.807) is 0 Å². The summed E-state index contributed by atoms with van der Waals surface area (Å²) < 4.78 is 2.28. The van der Waals surface area contributed by atoms with Crippen molar-refractivity contribution in [2.75, 3.05) is 6.54 Å². The number of hydrogen-bond donors (Lipinski definition) is 1. The highest BCUT2D eigenvalue weighted by Gasteiger charge is 2.08. The van der Waals surface area contributed by atoms with Gasteiger partial charge in [-0.25, -0.2) is 4.98 Å². The summed E-state index contributed by atoms with van der Waals surface area (Å²) in [6.07, 6.45) is 9.88. The molecule has 1 unspecified atom stereocenters. The predicted molar refractivity (Wildman–Crippen MR) is 73.2 cm³/mol. The van der Waals surface area contributed by atoms with Crippen molar-refractivity contribution in [1.29, 1.82) is 0 Å². The Kier molecular flexibility index (Phi) is 6.94. The zero-order valence-corrected chi connectivity index (χ0v) is 11.6. The molecule has 0 saturated carbocycles. The van der Waals surface area contributed by atoms with E-state index in [0.29, 0.717) is 6.04 Å². The predicted octanol–water partition coefficient (Wildman–Crippen LogP) is 3.00. The average Bonchev–Trinajstić information content (AvgIpc) is 2.78. The van der Waals surface area contributed by atoms with Crippen molar-refractivity contribution >= 4 is 0 Å². The van der Waals surface area contributed by atoms with Crippen molar-refractivity contribution in [2.45, 2.75) is 65.5 Å². The molecular weight excluding hydrogens is 210 g/mol. The van der Waals surface area contributed by atoms with E-state index in [1.807, 2.05) is 6.20 Å². The summed E-state index contributed by atoms with van der Waals surface area (Å²) in [6, 6.07) is 0.640. The van der Waals surface area contributed by atoms with Crippen molar-refractivity contribution in [2.24, 2.45) is 0 Å². The molecule has 1 aromatic rings. The topological polar surface area (TPSA) is 29.9 Å². The van der Waals surface area contributed by atoms with Crippen LogP contribution in [0, 0.1) is 0 Å². The molecule has 17 heavy (non-hydrogen) atoms. The number of aryl methyl sites for hydroxylation is 2. The van der Waals surface area contributed by atoms with Crippen LogP contribution in [0.5, 0.6) is 0 Å². The lowest BCUT2D eigenvalue weighted by molar-refractivity contribution is 0.459. The van der Waals surface area contributed by atoms with Gasteiger partial charge in [-0.2, -0.15) is 0 Å². The SMILES string of the molecule is CCCNC(CC)CCc1nccn1CCC. The second-order valence-corrected chi connectivity index (χ2v) is 4.63. The summed E-state index contributed by atoms with van der Waals surface area (Å²) in [5.41, 5.74) is 0. The molecule has 0 aliphatic heterocycles. The Bertz CT molecular complexity index is 293. The number of hydrogen-bond acceptors (Lipinski definition) is 2. The Morgan fingerprint density at radius 3 is 2.76 bits per heavy atom. The van der Waals surface area contributed by atoms with Crippen LogP contribution < -0.4 is 5.32 Å². The lowest BCUT2D eigenvalue weighted by Gasteiger charge is -2.16. The van der Waals surface area contributed by atoms with E-state index in [4.69, 9.17) is 0 Å². The minimum absolute atomic E-state index is 0.640. The van der Waals surface area contributed by atoms with Gasteiger partial charge in [0.05, 0.1) is 0 Å². The van der Waals surface area contributed by atoms with Crippen LogP contribution in [0.25, 0.3) is 0 Å². The summed E-state index contributed by atoms with van der Waals surface area (Å²) in [6.45, 7) is 8.90. The zero-order valence-electron chi connectivity index (χ0n) is 11.6. The van der Waals surface area contributed by atoms with E-state index >= 15 is 0 Å². The van der Waals surface area contributed by atoms with Crippen molar-refractivity contribution in [3.63, 3.8) is 0 Å². The lowest BCUT2D eigenvalue weighted by atomic mass is 10.1. The third kappa shape index (κ3) is 4.90. The molecule has 3 heteroatoms. The first-order chi connectivity index (χ1) is 8.31. The molecule has 0 bridgehead atoms. The van der Waals surface area contributed by atoms with Crippen LogP contribution in [0.4, 0.5) is 0 Å². The van der Waals surface area contributed by atoms with Gasteiger partial charge in [-0.05, 0) is 32.2 Å². The normalized spacial score (nSPS) is 12.9. The molecule has 0 fully saturated rings. The van der Waals surface area contributed by atoms with E-state index in [1.165, 1.54) is 31.5 Å². The van der Waals surface area contributed by atoms with Crippen molar-refractivity contribution in [3.8, 4) is 0 Å². The molecule has 1 atom stereocenters. The van der Waals surface area contributed by atoms with Crippen LogP contribution in [0.2, 0.25) is 0 Å². The van der Waals surface area contributed by atoms with E-state index in [-0.39, 0.29) is 0 Å². The van der Waals surface area contributed by atoms with Crippen molar-refractivity contribution < 1.29 is 0 Å². The first kappa shape index (κ1) is 14.2. The maximum atomic E-state index is 4.46. The van der Waals surface area contributed by atoms with Gasteiger partial charge in [-0.3, -0.25) is 0 Å². The molecule has 1 heterocycles. The van der Waals surface area contributed by atoms with Gasteiger partial charge < -0.3 is 9.88 Å². The molecule has 0 aliphatic rings. The second kappa shape index (κ2) is 8.29. The quantitative estimate of drug-likeness (QED) is 0.715. The summed E-state index contributed by atoms with van der Waals surface area (Å²) in [5.74, 6) is 1.24. The summed E-state index contributed by atoms with van der Waals surface area (Å²) in [4.78, 5) is 4.46. The van der Waals surface area contributed by atoms with E-state index < -0.39 is 0 Å². The van der Waals surface area contributed by atoms with Crippen LogP contribution in [-0.4, -0.2) is 22.1 Å². The van der Waals surface area contributed by atoms with Gasteiger partial charge in [0.1, 0.15) is 5.82 Å². The molecule has 1 rings (SSSR count). The molecule has 3 nitrogen and oxygen atoms in total. The second-order valence-electron chi connectivity index (χ2n) is 4.63. The maximum Gasteiger partial charge on any atom is 0.108 e. The first-order valence-corrected chi connectivity index (χ1v) is 7.05. The minimum Gasteiger partial charge on any atom is -0.335 e. The standard InChI is InChI=1S/C14H27N3/c1-4-9-15-13(6-3)7-8-14-16-10-12-17(14)11-5-2/h10,12-13,15H,4-9,11H2,1-3H3. The highest BCUT2D eigenvalue weighted by Crippen LogP contribution is 2.07. The fraction of sp³-hybridized carbons (Fsp3) is 0.786. The molecule has 0 spiro atoms. The lowest BCUT2D eigenvalue weighted by Crippen LogP contribution is -2.29. The third-order valence-corrected chi connectivity index (χ3v) is 3.16. The Labute approximate surface area is 106 Å². The monoisotopic (exact) mass is 237 g/mol. The van der Waals surface area contributed by atoms with Gasteiger partial charge in [-0.1, -0.05) is 20.8 Å². The van der Waals surface area contributed by atoms with Gasteiger partial charge in [-0.15, -0.1) is 0 Å². The summed E-state index contributed by atoms with van der Waals surface area (Å²) in [5, 5.41) is 3.60. The summed E-state index contributed by atoms with van der Waals surface area (Å²) in [7, 11) is 0. The molecule has 0 radical (unpaired) electrons. The molecule has 0 aromatic carbocycles. The molecule has 0 amide bonds. The largest absolute Gasteiger partial charge is 0.335 e. The van der Waals surface area contributed by atoms with Crippen LogP contribution in [0.15, 0.2) is 12.4 Å². The first-order valence-electron chi connectivity index (χ1n) is 7.05. The van der Waals surface area contributed by atoms with Crippen molar-refractivity contribution in [3.05, 3.63) is 18.2 Å². The molecule has 1 N–H and O–H groups in total. The fourth-order valence-corrected chi connectivity index (χ4v) is 2.12. The highest BCUT2D eigenvalue weighted by molar-refractivity contribution is 4.93. The van der Waals surface area contributed by atoms with Crippen LogP contribution in [0.1, 0.15) is 52.3 Å². The Hall–Kier alpha value is -0.830. The molecular formula is C14H27N3. The molecule has 0 saturated heterocycles. The van der Waals surface area contributed by atoms with Crippen molar-refractivity contribution in [1.82, 2.24) is 14.9 Å². The Balaban J connectivity index is 2.39. The zero-order chi connectivity index (χ0) is 12.5. The van der Waals surface area contributed by atoms with Gasteiger partial charge in [0.2, 0.25) is 0 Å². The van der Waals surface area contributed by atoms with Gasteiger partial charge >= 0.3 is 0 Å². The maximum absolute atomic E-state index is 4.46. The van der Waals surface area contributed by atoms with Crippen LogP contribution in [-0.2, 0) is 13.0 Å². The number of rotatable bonds is 9. The number of imidazole rings is 1. The van der Waals surface area contributed by atoms with Gasteiger partial charge in [0.15, 0.2) is 0 Å². The highest BCUT2D eigenvalue weighted by atomic mass is 15.1. The number of nitrogens with zero attached hydrogens (tertiary/aromatic N) is 2. The molecule has 0 aliphatic carbocycles. The Morgan fingerprint density at radius 1 is 1.29 bits per heavy atom. The molecule has 98 valence electrons. The van der Waals surface area contributed by atoms with E-state index in [2.05, 4.69) is 41.8 Å². The smallest absolute Gasteiger partial charge is 0.108 e. The van der Waals surface area contributed by atoms with Crippen LogP contribution >= 0.6 is 0 Å². The number of aromatic nitrogens is 2. The fourth-order valence-electron chi connectivity index (χ4n) is 2.12. The van der Waals surface area contributed by atoms with Crippen LogP contribution in [0.3, 0.4) is 0 Å². The average molecular weight is 237 g/mol. The minimum atomic E-state index is 0.640. The van der Waals surface area contributed by atoms with E-state index in [9.17, 15) is 0 Å². The number of nitrogens with one attached hydrogen (secondary N) is 1. The Morgan fingerprint density at radius 2 is 2.12 bits per heavy atom.